The molecule has 3 unspecified atom stereocenters. The molecule has 3 aliphatic rings. The standard InChI is InChI=1S/C26H26O7/c1-12(27)20-19(29)11-15-9-14-10-17-16(13-5-3-2-4-6-13)7-8-18(28)22(17)23(30)21(14)25(32)26(15,33)24(20)31/h2-8,12,14-15,21,25,27-28,31-33H,9-11H2,1H3/t12?,14-,15+,21?,25?,26-/m1/s1. The van der Waals surface area contributed by atoms with Crippen molar-refractivity contribution in [3.8, 4) is 16.9 Å². The van der Waals surface area contributed by atoms with E-state index in [0.717, 1.165) is 11.1 Å². The van der Waals surface area contributed by atoms with Crippen LogP contribution in [0.3, 0.4) is 0 Å². The molecule has 172 valence electrons. The van der Waals surface area contributed by atoms with E-state index in [4.69, 9.17) is 0 Å². The van der Waals surface area contributed by atoms with E-state index in [2.05, 4.69) is 0 Å². The predicted octanol–water partition coefficient (Wildman–Crippen LogP) is 2.31. The van der Waals surface area contributed by atoms with Gasteiger partial charge in [-0.3, -0.25) is 9.59 Å². The minimum absolute atomic E-state index is 0.116. The summed E-state index contributed by atoms with van der Waals surface area (Å²) in [6, 6.07) is 12.7. The Hall–Kier alpha value is -3.00. The topological polar surface area (TPSA) is 135 Å². The third-order valence-corrected chi connectivity index (χ3v) is 7.68. The molecule has 0 radical (unpaired) electrons. The van der Waals surface area contributed by atoms with E-state index in [9.17, 15) is 35.1 Å². The fourth-order valence-electron chi connectivity index (χ4n) is 6.16. The fourth-order valence-corrected chi connectivity index (χ4v) is 6.16. The van der Waals surface area contributed by atoms with Gasteiger partial charge in [0.1, 0.15) is 17.6 Å². The molecule has 5 N–H and O–H groups in total. The van der Waals surface area contributed by atoms with Gasteiger partial charge >= 0.3 is 0 Å². The van der Waals surface area contributed by atoms with Gasteiger partial charge in [0.15, 0.2) is 17.2 Å². The summed E-state index contributed by atoms with van der Waals surface area (Å²) in [6.45, 7) is 1.30. The molecule has 7 nitrogen and oxygen atoms in total. The van der Waals surface area contributed by atoms with Gasteiger partial charge in [-0.15, -0.1) is 0 Å². The highest BCUT2D eigenvalue weighted by atomic mass is 16.4. The number of hydrogen-bond acceptors (Lipinski definition) is 7. The van der Waals surface area contributed by atoms with Gasteiger partial charge in [-0.05, 0) is 48.4 Å². The first-order valence-corrected chi connectivity index (χ1v) is 11.2. The minimum atomic E-state index is -2.22. The van der Waals surface area contributed by atoms with Crippen LogP contribution in [0.1, 0.15) is 35.7 Å². The molecular weight excluding hydrogens is 424 g/mol. The Morgan fingerprint density at radius 2 is 1.73 bits per heavy atom. The summed E-state index contributed by atoms with van der Waals surface area (Å²) in [6.07, 6.45) is -2.56. The maximum Gasteiger partial charge on any atom is 0.172 e. The van der Waals surface area contributed by atoms with Crippen molar-refractivity contribution in [2.45, 2.75) is 44.0 Å². The van der Waals surface area contributed by atoms with E-state index in [1.807, 2.05) is 30.3 Å². The zero-order valence-corrected chi connectivity index (χ0v) is 18.1. The van der Waals surface area contributed by atoms with Crippen molar-refractivity contribution in [3.63, 3.8) is 0 Å². The van der Waals surface area contributed by atoms with Crippen molar-refractivity contribution in [1.82, 2.24) is 0 Å². The van der Waals surface area contributed by atoms with Crippen molar-refractivity contribution in [2.75, 3.05) is 0 Å². The van der Waals surface area contributed by atoms with Crippen LogP contribution in [0.5, 0.6) is 5.75 Å². The average Bonchev–Trinajstić information content (AvgIpc) is 2.76. The Balaban J connectivity index is 1.64. The van der Waals surface area contributed by atoms with Gasteiger partial charge in [0, 0.05) is 12.3 Å². The number of fused-ring (bicyclic) bond motifs is 3. The van der Waals surface area contributed by atoms with E-state index >= 15 is 0 Å². The second-order valence-corrected chi connectivity index (χ2v) is 9.47. The van der Waals surface area contributed by atoms with E-state index < -0.39 is 47.0 Å². The molecule has 33 heavy (non-hydrogen) atoms. The molecule has 6 atom stereocenters. The Kier molecular flexibility index (Phi) is 4.97. The first kappa shape index (κ1) is 21.8. The van der Waals surface area contributed by atoms with Gasteiger partial charge in [0.25, 0.3) is 0 Å². The second kappa shape index (κ2) is 7.52. The Morgan fingerprint density at radius 1 is 1.03 bits per heavy atom. The van der Waals surface area contributed by atoms with Crippen molar-refractivity contribution in [2.24, 2.45) is 17.8 Å². The summed E-state index contributed by atoms with van der Waals surface area (Å²) in [7, 11) is 0. The summed E-state index contributed by atoms with van der Waals surface area (Å²) in [5.74, 6) is -4.18. The molecule has 1 saturated carbocycles. The Labute approximate surface area is 190 Å². The summed E-state index contributed by atoms with van der Waals surface area (Å²) in [4.78, 5) is 26.2. The summed E-state index contributed by atoms with van der Waals surface area (Å²) >= 11 is 0. The number of carbonyl (C=O) groups excluding carboxylic acids is 2. The molecule has 0 spiro atoms. The molecule has 3 aliphatic carbocycles. The van der Waals surface area contributed by atoms with Crippen LogP contribution >= 0.6 is 0 Å². The van der Waals surface area contributed by atoms with Crippen LogP contribution in [0.15, 0.2) is 53.8 Å². The van der Waals surface area contributed by atoms with Gasteiger partial charge in [-0.2, -0.15) is 0 Å². The first-order valence-electron chi connectivity index (χ1n) is 11.2. The molecular formula is C26H26O7. The van der Waals surface area contributed by atoms with Crippen molar-refractivity contribution in [1.29, 1.82) is 0 Å². The van der Waals surface area contributed by atoms with Crippen LogP contribution in [0.2, 0.25) is 0 Å². The van der Waals surface area contributed by atoms with Crippen LogP contribution in [0.4, 0.5) is 0 Å². The second-order valence-electron chi connectivity index (χ2n) is 9.47. The van der Waals surface area contributed by atoms with Crippen LogP contribution in [0.25, 0.3) is 11.1 Å². The number of ketones is 2. The van der Waals surface area contributed by atoms with E-state index in [1.54, 1.807) is 6.07 Å². The third-order valence-electron chi connectivity index (χ3n) is 7.68. The monoisotopic (exact) mass is 450 g/mol. The lowest BCUT2D eigenvalue weighted by Gasteiger charge is -2.53. The lowest BCUT2D eigenvalue weighted by molar-refractivity contribution is -0.171. The van der Waals surface area contributed by atoms with Gasteiger partial charge in [0.2, 0.25) is 0 Å². The summed E-state index contributed by atoms with van der Waals surface area (Å²) in [5.41, 5.74) is -0.0564. The van der Waals surface area contributed by atoms with Crippen LogP contribution < -0.4 is 0 Å². The Morgan fingerprint density at radius 3 is 2.39 bits per heavy atom. The number of aliphatic hydroxyl groups is 4. The molecule has 1 fully saturated rings. The number of phenolic OH excluding ortho intramolecular Hbond substituents is 1. The lowest BCUT2D eigenvalue weighted by Crippen LogP contribution is -2.64. The van der Waals surface area contributed by atoms with Crippen molar-refractivity contribution < 1.29 is 35.1 Å². The third kappa shape index (κ3) is 3.00. The van der Waals surface area contributed by atoms with E-state index in [1.165, 1.54) is 13.0 Å². The normalized spacial score (nSPS) is 32.1. The maximum absolute atomic E-state index is 13.6. The maximum atomic E-state index is 13.6. The highest BCUT2D eigenvalue weighted by molar-refractivity contribution is 6.05. The molecule has 7 heteroatoms. The predicted molar refractivity (Wildman–Crippen MR) is 119 cm³/mol. The fraction of sp³-hybridized carbons (Fsp3) is 0.385. The molecule has 2 aromatic rings. The number of aliphatic hydroxyl groups excluding tert-OH is 3. The molecule has 0 aliphatic heterocycles. The number of rotatable bonds is 2. The largest absolute Gasteiger partial charge is 0.509 e. The first-order chi connectivity index (χ1) is 15.7. The lowest BCUT2D eigenvalue weighted by atomic mass is 9.54. The number of carbonyl (C=O) groups is 2. The number of phenols is 1. The summed E-state index contributed by atoms with van der Waals surface area (Å²) in [5, 5.41) is 54.0. The van der Waals surface area contributed by atoms with Gasteiger partial charge < -0.3 is 25.5 Å². The zero-order chi connectivity index (χ0) is 23.7. The smallest absolute Gasteiger partial charge is 0.172 e. The quantitative estimate of drug-likeness (QED) is 0.474. The molecule has 5 rings (SSSR count). The zero-order valence-electron chi connectivity index (χ0n) is 18.1. The van der Waals surface area contributed by atoms with Crippen LogP contribution in [-0.2, 0) is 11.2 Å². The van der Waals surface area contributed by atoms with Crippen molar-refractivity contribution >= 4 is 11.6 Å². The molecule has 0 saturated heterocycles. The highest BCUT2D eigenvalue weighted by Gasteiger charge is 2.62. The number of Topliss-reactive ketones (excluding diaryl/α,β-unsaturated/α-hetero) is 2. The van der Waals surface area contributed by atoms with Gasteiger partial charge in [0.05, 0.1) is 23.2 Å². The number of benzene rings is 2. The van der Waals surface area contributed by atoms with Crippen molar-refractivity contribution in [3.05, 3.63) is 64.9 Å². The molecule has 0 amide bonds. The SMILES string of the molecule is CC(O)C1=C(O)[C@@]2(O)C(O)C3C(=O)c4c(O)ccc(-c5ccccc5)c4C[C@H]3C[C@H]2CC1=O. The van der Waals surface area contributed by atoms with Crippen LogP contribution in [-0.4, -0.2) is 54.9 Å². The van der Waals surface area contributed by atoms with Crippen LogP contribution in [0, 0.1) is 17.8 Å². The van der Waals surface area contributed by atoms with Gasteiger partial charge in [-0.1, -0.05) is 36.4 Å². The Bertz CT molecular complexity index is 1180. The summed E-state index contributed by atoms with van der Waals surface area (Å²) < 4.78 is 0. The molecule has 2 aromatic carbocycles. The van der Waals surface area contributed by atoms with E-state index in [-0.39, 0.29) is 35.6 Å². The molecule has 0 heterocycles. The molecule has 0 bridgehead atoms. The molecule has 0 aromatic heterocycles. The number of hydrogen-bond donors (Lipinski definition) is 5. The number of aromatic hydroxyl groups is 1. The minimum Gasteiger partial charge on any atom is -0.509 e. The highest BCUT2D eigenvalue weighted by Crippen LogP contribution is 2.54. The van der Waals surface area contributed by atoms with Gasteiger partial charge in [-0.25, -0.2) is 0 Å². The average molecular weight is 450 g/mol. The van der Waals surface area contributed by atoms with E-state index in [0.29, 0.717) is 12.0 Å².